The second kappa shape index (κ2) is 5.34. The van der Waals surface area contributed by atoms with Gasteiger partial charge in [-0.3, -0.25) is 4.79 Å². The minimum atomic E-state index is -0.465. The van der Waals surface area contributed by atoms with E-state index in [0.29, 0.717) is 12.1 Å². The van der Waals surface area contributed by atoms with Crippen LogP contribution in [0.2, 0.25) is 0 Å². The third-order valence-electron chi connectivity index (χ3n) is 5.88. The van der Waals surface area contributed by atoms with Crippen molar-refractivity contribution in [3.05, 3.63) is 35.6 Å². The van der Waals surface area contributed by atoms with Crippen LogP contribution in [0.5, 0.6) is 0 Å². The normalized spacial score (nSPS) is 29.8. The van der Waals surface area contributed by atoms with Crippen LogP contribution in [0.4, 0.5) is 4.39 Å². The first-order valence-corrected chi connectivity index (χ1v) is 8.50. The molecule has 3 aliphatic rings. The summed E-state index contributed by atoms with van der Waals surface area (Å²) in [6, 6.07) is 7.38. The molecule has 0 spiro atoms. The number of rotatable bonds is 2. The molecule has 0 aromatic heterocycles. The van der Waals surface area contributed by atoms with Crippen LogP contribution < -0.4 is 5.32 Å². The van der Waals surface area contributed by atoms with Crippen LogP contribution in [-0.4, -0.2) is 36.0 Å². The Bertz CT molecular complexity index is 570. The summed E-state index contributed by atoms with van der Waals surface area (Å²) in [5.41, 5.74) is 0.410. The number of nitrogens with one attached hydrogen (secondary N) is 1. The van der Waals surface area contributed by atoms with E-state index in [9.17, 15) is 9.18 Å². The van der Waals surface area contributed by atoms with E-state index in [1.54, 1.807) is 12.1 Å². The zero-order valence-electron chi connectivity index (χ0n) is 12.9. The molecule has 1 saturated carbocycles. The first kappa shape index (κ1) is 14.2. The second-order valence-corrected chi connectivity index (χ2v) is 7.04. The highest BCUT2D eigenvalue weighted by molar-refractivity contribution is 5.90. The van der Waals surface area contributed by atoms with Crippen molar-refractivity contribution in [3.63, 3.8) is 0 Å². The molecule has 2 saturated heterocycles. The number of carbonyl (C=O) groups excluding carboxylic acids is 1. The summed E-state index contributed by atoms with van der Waals surface area (Å²) in [5.74, 6) is 0.0117. The molecule has 1 aliphatic carbocycles. The number of halogens is 1. The van der Waals surface area contributed by atoms with Gasteiger partial charge < -0.3 is 10.2 Å². The van der Waals surface area contributed by atoms with E-state index in [1.807, 2.05) is 6.07 Å². The molecule has 1 N–H and O–H groups in total. The van der Waals surface area contributed by atoms with Crippen LogP contribution in [-0.2, 0) is 10.2 Å². The fraction of sp³-hybridized carbons (Fsp3) is 0.611. The second-order valence-electron chi connectivity index (χ2n) is 7.04. The molecule has 2 heterocycles. The molecule has 2 aliphatic heterocycles. The monoisotopic (exact) mass is 302 g/mol. The SMILES string of the molecule is O=C(N1C2CCNCC1CC2)C1(c2cccc(F)c2)CCC1. The van der Waals surface area contributed by atoms with Crippen molar-refractivity contribution in [2.24, 2.45) is 0 Å². The number of hydrogen-bond donors (Lipinski definition) is 1. The lowest BCUT2D eigenvalue weighted by Crippen LogP contribution is -2.55. The van der Waals surface area contributed by atoms with Gasteiger partial charge in [0.15, 0.2) is 0 Å². The van der Waals surface area contributed by atoms with Gasteiger partial charge in [-0.15, -0.1) is 0 Å². The molecule has 2 bridgehead atoms. The van der Waals surface area contributed by atoms with Crippen LogP contribution in [0.25, 0.3) is 0 Å². The third kappa shape index (κ3) is 2.08. The summed E-state index contributed by atoms with van der Waals surface area (Å²) in [6.45, 7) is 1.90. The third-order valence-corrected chi connectivity index (χ3v) is 5.88. The summed E-state index contributed by atoms with van der Waals surface area (Å²) in [6.07, 6.45) is 6.04. The quantitative estimate of drug-likeness (QED) is 0.911. The molecule has 1 amide bonds. The summed E-state index contributed by atoms with van der Waals surface area (Å²) >= 11 is 0. The van der Waals surface area contributed by atoms with Gasteiger partial charge in [-0.25, -0.2) is 4.39 Å². The van der Waals surface area contributed by atoms with E-state index >= 15 is 0 Å². The largest absolute Gasteiger partial charge is 0.335 e. The maximum absolute atomic E-state index is 13.7. The van der Waals surface area contributed by atoms with Gasteiger partial charge >= 0.3 is 0 Å². The lowest BCUT2D eigenvalue weighted by atomic mass is 9.63. The fourth-order valence-electron chi connectivity index (χ4n) is 4.50. The van der Waals surface area contributed by atoms with Crippen molar-refractivity contribution < 1.29 is 9.18 Å². The number of fused-ring (bicyclic) bond motifs is 2. The van der Waals surface area contributed by atoms with Crippen LogP contribution in [0.15, 0.2) is 24.3 Å². The van der Waals surface area contributed by atoms with E-state index in [1.165, 1.54) is 6.07 Å². The molecule has 4 rings (SSSR count). The Morgan fingerprint density at radius 3 is 2.77 bits per heavy atom. The molecule has 4 heteroatoms. The topological polar surface area (TPSA) is 32.3 Å². The van der Waals surface area contributed by atoms with Crippen molar-refractivity contribution in [2.45, 2.75) is 56.0 Å². The van der Waals surface area contributed by atoms with Crippen molar-refractivity contribution >= 4 is 5.91 Å². The van der Waals surface area contributed by atoms with E-state index in [4.69, 9.17) is 0 Å². The molecule has 3 nitrogen and oxygen atoms in total. The van der Waals surface area contributed by atoms with E-state index in [2.05, 4.69) is 10.2 Å². The molecule has 22 heavy (non-hydrogen) atoms. The molecular weight excluding hydrogens is 279 g/mol. The first-order chi connectivity index (χ1) is 10.7. The van der Waals surface area contributed by atoms with Crippen molar-refractivity contribution in [1.29, 1.82) is 0 Å². The van der Waals surface area contributed by atoms with E-state index < -0.39 is 5.41 Å². The van der Waals surface area contributed by atoms with Crippen molar-refractivity contribution in [2.75, 3.05) is 13.1 Å². The summed E-state index contributed by atoms with van der Waals surface area (Å²) in [4.78, 5) is 15.6. The maximum Gasteiger partial charge on any atom is 0.233 e. The number of benzene rings is 1. The minimum absolute atomic E-state index is 0.239. The number of hydrogen-bond acceptors (Lipinski definition) is 2. The molecule has 3 fully saturated rings. The molecule has 0 radical (unpaired) electrons. The molecule has 2 atom stereocenters. The van der Waals surface area contributed by atoms with Gasteiger partial charge in [0.25, 0.3) is 0 Å². The van der Waals surface area contributed by atoms with Gasteiger partial charge in [0.2, 0.25) is 5.91 Å². The lowest BCUT2D eigenvalue weighted by molar-refractivity contribution is -0.143. The lowest BCUT2D eigenvalue weighted by Gasteiger charge is -2.45. The van der Waals surface area contributed by atoms with Crippen LogP contribution in [0.3, 0.4) is 0 Å². The highest BCUT2D eigenvalue weighted by Gasteiger charge is 2.51. The Kier molecular flexibility index (Phi) is 3.44. The number of carbonyl (C=O) groups is 1. The summed E-state index contributed by atoms with van der Waals surface area (Å²) in [5, 5.41) is 3.45. The van der Waals surface area contributed by atoms with Crippen molar-refractivity contribution in [3.8, 4) is 0 Å². The van der Waals surface area contributed by atoms with Gasteiger partial charge in [0.1, 0.15) is 5.82 Å². The number of amides is 1. The smallest absolute Gasteiger partial charge is 0.233 e. The zero-order chi connectivity index (χ0) is 15.2. The average Bonchev–Trinajstić information content (AvgIpc) is 2.71. The van der Waals surface area contributed by atoms with E-state index in [0.717, 1.165) is 57.2 Å². The average molecular weight is 302 g/mol. The predicted octanol–water partition coefficient (Wildman–Crippen LogP) is 2.60. The minimum Gasteiger partial charge on any atom is -0.335 e. The summed E-state index contributed by atoms with van der Waals surface area (Å²) < 4.78 is 13.7. The van der Waals surface area contributed by atoms with Crippen LogP contribution in [0, 0.1) is 5.82 Å². The zero-order valence-corrected chi connectivity index (χ0v) is 12.9. The number of nitrogens with zero attached hydrogens (tertiary/aromatic N) is 1. The van der Waals surface area contributed by atoms with E-state index in [-0.39, 0.29) is 11.7 Å². The van der Waals surface area contributed by atoms with Gasteiger partial charge in [0, 0.05) is 18.6 Å². The summed E-state index contributed by atoms with van der Waals surface area (Å²) in [7, 11) is 0. The molecule has 2 unspecified atom stereocenters. The first-order valence-electron chi connectivity index (χ1n) is 8.50. The molecular formula is C18H23FN2O. The predicted molar refractivity (Wildman–Crippen MR) is 83.1 cm³/mol. The maximum atomic E-state index is 13.7. The Balaban J connectivity index is 1.68. The Morgan fingerprint density at radius 2 is 2.05 bits per heavy atom. The Morgan fingerprint density at radius 1 is 1.23 bits per heavy atom. The molecule has 1 aromatic carbocycles. The molecule has 1 aromatic rings. The van der Waals surface area contributed by atoms with Crippen molar-refractivity contribution in [1.82, 2.24) is 10.2 Å². The fourth-order valence-corrected chi connectivity index (χ4v) is 4.50. The Labute approximate surface area is 130 Å². The van der Waals surface area contributed by atoms with Gasteiger partial charge in [-0.05, 0) is 56.3 Å². The van der Waals surface area contributed by atoms with Gasteiger partial charge in [-0.1, -0.05) is 18.6 Å². The van der Waals surface area contributed by atoms with Crippen LogP contribution >= 0.6 is 0 Å². The molecule has 118 valence electrons. The van der Waals surface area contributed by atoms with Gasteiger partial charge in [0.05, 0.1) is 5.41 Å². The van der Waals surface area contributed by atoms with Gasteiger partial charge in [-0.2, -0.15) is 0 Å². The highest BCUT2D eigenvalue weighted by atomic mass is 19.1. The Hall–Kier alpha value is -1.42. The highest BCUT2D eigenvalue weighted by Crippen LogP contribution is 2.47. The standard InChI is InChI=1S/C18H23FN2O/c19-14-4-1-3-13(11-14)18(8-2-9-18)17(22)21-15-5-6-16(21)12-20-10-7-15/h1,3-4,11,15-16,20H,2,5-10,12H2. The van der Waals surface area contributed by atoms with Crippen LogP contribution in [0.1, 0.15) is 44.1 Å².